The van der Waals surface area contributed by atoms with E-state index in [1.165, 1.54) is 11.1 Å². The maximum absolute atomic E-state index is 5.92. The summed E-state index contributed by atoms with van der Waals surface area (Å²) in [6, 6.07) is 18.1. The first-order valence-electron chi connectivity index (χ1n) is 5.65. The molecule has 0 amide bonds. The smallest absolute Gasteiger partial charge is 0.0818 e. The van der Waals surface area contributed by atoms with E-state index in [0.717, 1.165) is 5.02 Å². The summed E-state index contributed by atoms with van der Waals surface area (Å²) in [5.74, 6) is 0.188. The van der Waals surface area contributed by atoms with Gasteiger partial charge in [0.15, 0.2) is 0 Å². The first-order valence-corrected chi connectivity index (χ1v) is 6.82. The molecule has 18 heavy (non-hydrogen) atoms. The molecule has 0 aliphatic carbocycles. The zero-order valence-electron chi connectivity index (χ0n) is 9.64. The van der Waals surface area contributed by atoms with Gasteiger partial charge in [-0.05, 0) is 23.3 Å². The molecule has 0 fully saturated rings. The summed E-state index contributed by atoms with van der Waals surface area (Å²) >= 11 is 16.9. The molecule has 2 rings (SSSR count). The summed E-state index contributed by atoms with van der Waals surface area (Å²) in [7, 11) is 0. The van der Waals surface area contributed by atoms with Crippen LogP contribution < -0.4 is 0 Å². The minimum atomic E-state index is 0.188. The van der Waals surface area contributed by atoms with Crippen molar-refractivity contribution in [1.82, 2.24) is 0 Å². The molecule has 2 aromatic rings. The first kappa shape index (κ1) is 13.5. The molecule has 0 spiro atoms. The van der Waals surface area contributed by atoms with Crippen molar-refractivity contribution in [2.24, 2.45) is 0 Å². The Labute approximate surface area is 123 Å². The Kier molecular flexibility index (Phi) is 4.76. The Morgan fingerprint density at radius 2 is 1.50 bits per heavy atom. The Morgan fingerprint density at radius 1 is 0.944 bits per heavy atom. The van der Waals surface area contributed by atoms with E-state index < -0.39 is 0 Å². The van der Waals surface area contributed by atoms with Gasteiger partial charge in [-0.15, -0.1) is 0 Å². The lowest BCUT2D eigenvalue weighted by Gasteiger charge is -2.17. The van der Waals surface area contributed by atoms with E-state index in [1.807, 2.05) is 42.5 Å². The van der Waals surface area contributed by atoms with Gasteiger partial charge in [-0.2, -0.15) is 0 Å². The molecule has 0 aromatic heterocycles. The zero-order valence-corrected chi connectivity index (χ0v) is 12.0. The third kappa shape index (κ3) is 3.55. The molecular formula is C15H12Cl2S. The van der Waals surface area contributed by atoms with Crippen molar-refractivity contribution < 1.29 is 0 Å². The largest absolute Gasteiger partial charge is 0.0843 e. The van der Waals surface area contributed by atoms with Crippen LogP contribution in [0.25, 0.3) is 0 Å². The van der Waals surface area contributed by atoms with Gasteiger partial charge in [0.1, 0.15) is 0 Å². The van der Waals surface area contributed by atoms with Crippen molar-refractivity contribution in [3.05, 3.63) is 70.7 Å². The van der Waals surface area contributed by atoms with Gasteiger partial charge in [-0.3, -0.25) is 0 Å². The fourth-order valence-electron chi connectivity index (χ4n) is 1.97. The van der Waals surface area contributed by atoms with E-state index in [9.17, 15) is 0 Å². The number of hydrogen-bond donors (Lipinski definition) is 0. The molecule has 0 saturated heterocycles. The van der Waals surface area contributed by atoms with Gasteiger partial charge in [0, 0.05) is 17.4 Å². The van der Waals surface area contributed by atoms with Gasteiger partial charge in [0.2, 0.25) is 0 Å². The van der Waals surface area contributed by atoms with Crippen LogP contribution in [-0.2, 0) is 0 Å². The van der Waals surface area contributed by atoms with Crippen LogP contribution in [0, 0.1) is 0 Å². The number of benzene rings is 2. The molecule has 0 nitrogen and oxygen atoms in total. The van der Waals surface area contributed by atoms with Gasteiger partial charge in [0.25, 0.3) is 0 Å². The van der Waals surface area contributed by atoms with Crippen LogP contribution in [0.1, 0.15) is 23.5 Å². The monoisotopic (exact) mass is 294 g/mol. The summed E-state index contributed by atoms with van der Waals surface area (Å²) in [4.78, 5) is 0. The molecule has 0 bridgehead atoms. The fourth-order valence-corrected chi connectivity index (χ4v) is 2.42. The topological polar surface area (TPSA) is 0 Å². The van der Waals surface area contributed by atoms with Gasteiger partial charge < -0.3 is 0 Å². The van der Waals surface area contributed by atoms with Crippen LogP contribution in [0.3, 0.4) is 0 Å². The Balaban J connectivity index is 2.36. The number of thiocarbonyl (C=S) groups is 1. The lowest BCUT2D eigenvalue weighted by molar-refractivity contribution is 0.867. The van der Waals surface area contributed by atoms with E-state index in [-0.39, 0.29) is 5.92 Å². The highest BCUT2D eigenvalue weighted by Crippen LogP contribution is 2.29. The fraction of sp³-hybridized carbons (Fsp3) is 0.133. The average Bonchev–Trinajstić information content (AvgIpc) is 2.38. The molecule has 0 radical (unpaired) electrons. The molecule has 0 N–H and O–H groups in total. The quantitative estimate of drug-likeness (QED) is 0.535. The standard InChI is InChI=1S/C15H12Cl2S/c16-13-8-6-12(7-9-13)14(10-15(17)18)11-4-2-1-3-5-11/h1-9,14H,10H2. The molecule has 2 aromatic carbocycles. The summed E-state index contributed by atoms with van der Waals surface area (Å²) in [6.07, 6.45) is 0.655. The Bertz CT molecular complexity index is 520. The molecule has 1 unspecified atom stereocenters. The number of rotatable bonds is 4. The minimum absolute atomic E-state index is 0.188. The maximum atomic E-state index is 5.92. The van der Waals surface area contributed by atoms with Crippen LogP contribution in [0.2, 0.25) is 5.02 Å². The van der Waals surface area contributed by atoms with Gasteiger partial charge >= 0.3 is 0 Å². The second-order valence-electron chi connectivity index (χ2n) is 4.07. The first-order chi connectivity index (χ1) is 8.66. The number of halogens is 2. The minimum Gasteiger partial charge on any atom is -0.0843 e. The molecular weight excluding hydrogens is 283 g/mol. The molecule has 0 aliphatic rings. The van der Waals surface area contributed by atoms with Crippen molar-refractivity contribution in [3.63, 3.8) is 0 Å². The van der Waals surface area contributed by atoms with Crippen LogP contribution >= 0.6 is 35.4 Å². The van der Waals surface area contributed by atoms with Crippen LogP contribution in [-0.4, -0.2) is 4.32 Å². The van der Waals surface area contributed by atoms with Crippen LogP contribution in [0.5, 0.6) is 0 Å². The van der Waals surface area contributed by atoms with E-state index in [2.05, 4.69) is 12.1 Å². The van der Waals surface area contributed by atoms with Gasteiger partial charge in [0.05, 0.1) is 4.32 Å². The van der Waals surface area contributed by atoms with Crippen LogP contribution in [0.15, 0.2) is 54.6 Å². The van der Waals surface area contributed by atoms with Gasteiger partial charge in [-0.25, -0.2) is 0 Å². The SMILES string of the molecule is S=C(Cl)CC(c1ccccc1)c1ccc(Cl)cc1. The number of hydrogen-bond acceptors (Lipinski definition) is 1. The Morgan fingerprint density at radius 3 is 2.06 bits per heavy atom. The maximum Gasteiger partial charge on any atom is 0.0818 e. The predicted octanol–water partition coefficient (Wildman–Crippen LogP) is 5.43. The normalized spacial score (nSPS) is 12.1. The summed E-state index contributed by atoms with van der Waals surface area (Å²) in [5.41, 5.74) is 2.39. The molecule has 0 saturated carbocycles. The lowest BCUT2D eigenvalue weighted by Crippen LogP contribution is -2.03. The molecule has 1 atom stereocenters. The summed E-state index contributed by atoms with van der Waals surface area (Å²) < 4.78 is 0.499. The molecule has 92 valence electrons. The predicted molar refractivity (Wildman–Crippen MR) is 82.8 cm³/mol. The summed E-state index contributed by atoms with van der Waals surface area (Å²) in [6.45, 7) is 0. The average molecular weight is 295 g/mol. The lowest BCUT2D eigenvalue weighted by atomic mass is 9.89. The van der Waals surface area contributed by atoms with Gasteiger partial charge in [-0.1, -0.05) is 77.9 Å². The van der Waals surface area contributed by atoms with Crippen molar-refractivity contribution in [2.45, 2.75) is 12.3 Å². The Hall–Kier alpha value is -0.890. The van der Waals surface area contributed by atoms with E-state index in [0.29, 0.717) is 10.7 Å². The second kappa shape index (κ2) is 6.33. The van der Waals surface area contributed by atoms with E-state index >= 15 is 0 Å². The molecule has 0 aliphatic heterocycles. The van der Waals surface area contributed by atoms with E-state index in [1.54, 1.807) is 0 Å². The highest BCUT2D eigenvalue weighted by Gasteiger charge is 2.15. The van der Waals surface area contributed by atoms with E-state index in [4.69, 9.17) is 35.4 Å². The molecule has 0 heterocycles. The van der Waals surface area contributed by atoms with Crippen LogP contribution in [0.4, 0.5) is 0 Å². The summed E-state index contributed by atoms with van der Waals surface area (Å²) in [5, 5.41) is 0.735. The second-order valence-corrected chi connectivity index (χ2v) is 5.68. The van der Waals surface area contributed by atoms with Crippen molar-refractivity contribution >= 4 is 39.7 Å². The third-order valence-electron chi connectivity index (χ3n) is 2.84. The highest BCUT2D eigenvalue weighted by molar-refractivity contribution is 7.83. The van der Waals surface area contributed by atoms with Crippen molar-refractivity contribution in [1.29, 1.82) is 0 Å². The molecule has 3 heteroatoms. The highest BCUT2D eigenvalue weighted by atomic mass is 35.5. The zero-order chi connectivity index (χ0) is 13.0. The third-order valence-corrected chi connectivity index (χ3v) is 3.41. The van der Waals surface area contributed by atoms with Crippen molar-refractivity contribution in [2.75, 3.05) is 0 Å². The van der Waals surface area contributed by atoms with Crippen molar-refractivity contribution in [3.8, 4) is 0 Å².